The number of pyridine rings is 1. The monoisotopic (exact) mass is 504 g/mol. The number of methoxy groups -OCH3 is 1. The van der Waals surface area contributed by atoms with E-state index in [4.69, 9.17) is 21.1 Å². The molecule has 186 valence electrons. The molecule has 0 amide bonds. The number of hydrogen-bond acceptors (Lipinski definition) is 5. The number of likely N-dealkylation sites (tertiary alicyclic amines) is 1. The number of carbonyl (C=O) groups is 1. The highest BCUT2D eigenvalue weighted by molar-refractivity contribution is 6.30. The standard InChI is InChI=1S/C29H29ClN2O4/c1-35-22-10-11-27-25(18-22)23(24-4-2-14-31-26(24)19-36-27)5-3-15-32-16-12-29(13-17-32,28(33)34)20-6-8-21(30)9-7-20/h2,4-11,14,18H,3,12-13,15-17,19H2,1H3,(H,33,34). The van der Waals surface area contributed by atoms with Crippen molar-refractivity contribution in [1.29, 1.82) is 0 Å². The summed E-state index contributed by atoms with van der Waals surface area (Å²) in [5, 5.41) is 10.7. The molecule has 3 heterocycles. The van der Waals surface area contributed by atoms with E-state index in [-0.39, 0.29) is 0 Å². The summed E-state index contributed by atoms with van der Waals surface area (Å²) in [4.78, 5) is 19.2. The summed E-state index contributed by atoms with van der Waals surface area (Å²) in [6.07, 6.45) is 5.99. The van der Waals surface area contributed by atoms with E-state index in [9.17, 15) is 9.90 Å². The van der Waals surface area contributed by atoms with E-state index in [1.807, 2.05) is 36.4 Å². The number of nitrogens with zero attached hydrogens (tertiary/aromatic N) is 2. The number of carboxylic acid groups (broad SMARTS) is 1. The molecule has 36 heavy (non-hydrogen) atoms. The summed E-state index contributed by atoms with van der Waals surface area (Å²) < 4.78 is 11.5. The van der Waals surface area contributed by atoms with Crippen molar-refractivity contribution in [3.8, 4) is 11.5 Å². The van der Waals surface area contributed by atoms with Gasteiger partial charge in [0.2, 0.25) is 0 Å². The van der Waals surface area contributed by atoms with Crippen LogP contribution in [0.5, 0.6) is 11.5 Å². The van der Waals surface area contributed by atoms with Crippen molar-refractivity contribution in [2.75, 3.05) is 26.7 Å². The molecule has 0 unspecified atom stereocenters. The molecule has 2 aliphatic rings. The molecule has 0 saturated carbocycles. The average molecular weight is 505 g/mol. The fourth-order valence-corrected chi connectivity index (χ4v) is 5.35. The van der Waals surface area contributed by atoms with Gasteiger partial charge in [-0.05, 0) is 79.9 Å². The van der Waals surface area contributed by atoms with Crippen molar-refractivity contribution in [2.24, 2.45) is 0 Å². The Kier molecular flexibility index (Phi) is 6.99. The van der Waals surface area contributed by atoms with Crippen LogP contribution in [-0.4, -0.2) is 47.7 Å². The Morgan fingerprint density at radius 2 is 1.94 bits per heavy atom. The van der Waals surface area contributed by atoms with Crippen LogP contribution in [0.2, 0.25) is 5.02 Å². The lowest BCUT2D eigenvalue weighted by Gasteiger charge is -2.39. The van der Waals surface area contributed by atoms with E-state index in [0.29, 0.717) is 24.5 Å². The number of piperidine rings is 1. The van der Waals surface area contributed by atoms with Gasteiger partial charge in [0.25, 0.3) is 0 Å². The van der Waals surface area contributed by atoms with E-state index >= 15 is 0 Å². The van der Waals surface area contributed by atoms with Gasteiger partial charge in [-0.2, -0.15) is 0 Å². The van der Waals surface area contributed by atoms with E-state index < -0.39 is 11.4 Å². The second-order valence-corrected chi connectivity index (χ2v) is 9.73. The van der Waals surface area contributed by atoms with Crippen LogP contribution in [0.15, 0.2) is 66.9 Å². The van der Waals surface area contributed by atoms with Crippen LogP contribution in [0.3, 0.4) is 0 Å². The molecule has 0 atom stereocenters. The normalized spacial score (nSPS) is 18.0. The Bertz CT molecular complexity index is 1280. The topological polar surface area (TPSA) is 71.9 Å². The smallest absolute Gasteiger partial charge is 0.314 e. The van der Waals surface area contributed by atoms with Gasteiger partial charge in [0.15, 0.2) is 0 Å². The van der Waals surface area contributed by atoms with Crippen molar-refractivity contribution in [1.82, 2.24) is 9.88 Å². The van der Waals surface area contributed by atoms with Crippen molar-refractivity contribution in [3.05, 3.63) is 94.3 Å². The maximum atomic E-state index is 12.3. The highest BCUT2D eigenvalue weighted by Crippen LogP contribution is 2.39. The Balaban J connectivity index is 1.34. The minimum Gasteiger partial charge on any atom is -0.497 e. The van der Waals surface area contributed by atoms with Crippen molar-refractivity contribution in [2.45, 2.75) is 31.3 Å². The van der Waals surface area contributed by atoms with E-state index in [1.165, 1.54) is 0 Å². The molecule has 0 radical (unpaired) electrons. The molecule has 1 N–H and O–H groups in total. The van der Waals surface area contributed by atoms with Crippen molar-refractivity contribution >= 4 is 23.1 Å². The van der Waals surface area contributed by atoms with Gasteiger partial charge in [0.05, 0.1) is 18.2 Å². The SMILES string of the molecule is COc1ccc2c(c1)C(=CCCN1CCC(C(=O)O)(c3ccc(Cl)cc3)CC1)c1cccnc1CO2. The fourth-order valence-electron chi connectivity index (χ4n) is 5.23. The van der Waals surface area contributed by atoms with E-state index in [0.717, 1.165) is 65.5 Å². The van der Waals surface area contributed by atoms with Crippen LogP contribution in [0.4, 0.5) is 0 Å². The second-order valence-electron chi connectivity index (χ2n) is 9.29. The molecule has 0 spiro atoms. The first kappa shape index (κ1) is 24.3. The third-order valence-corrected chi connectivity index (χ3v) is 7.58. The number of carboxylic acids is 1. The number of aliphatic carboxylic acids is 1. The molecule has 3 aromatic rings. The van der Waals surface area contributed by atoms with Crippen LogP contribution in [0, 0.1) is 0 Å². The molecular weight excluding hydrogens is 476 g/mol. The number of rotatable bonds is 6. The van der Waals surface area contributed by atoms with Crippen LogP contribution in [0.1, 0.15) is 41.6 Å². The Labute approximate surface area is 216 Å². The highest BCUT2D eigenvalue weighted by Gasteiger charge is 2.42. The summed E-state index contributed by atoms with van der Waals surface area (Å²) in [6.45, 7) is 2.71. The number of halogens is 1. The predicted octanol–water partition coefficient (Wildman–Crippen LogP) is 5.58. The van der Waals surface area contributed by atoms with Gasteiger partial charge in [-0.3, -0.25) is 9.78 Å². The molecule has 2 aromatic carbocycles. The fraction of sp³-hybridized carbons (Fsp3) is 0.310. The summed E-state index contributed by atoms with van der Waals surface area (Å²) in [5.74, 6) is 0.825. The molecule has 1 fully saturated rings. The molecular formula is C29H29ClN2O4. The lowest BCUT2D eigenvalue weighted by atomic mass is 9.73. The van der Waals surface area contributed by atoms with Gasteiger partial charge in [-0.15, -0.1) is 0 Å². The minimum atomic E-state index is -0.863. The Morgan fingerprint density at radius 1 is 1.17 bits per heavy atom. The number of ether oxygens (including phenoxy) is 2. The first-order chi connectivity index (χ1) is 17.5. The summed E-state index contributed by atoms with van der Waals surface area (Å²) in [6, 6.07) is 17.1. The van der Waals surface area contributed by atoms with E-state index in [1.54, 1.807) is 25.4 Å². The molecule has 0 bridgehead atoms. The Morgan fingerprint density at radius 3 is 2.67 bits per heavy atom. The maximum absolute atomic E-state index is 12.3. The summed E-state index contributed by atoms with van der Waals surface area (Å²) >= 11 is 6.03. The number of aromatic nitrogens is 1. The molecule has 0 aliphatic carbocycles. The van der Waals surface area contributed by atoms with Gasteiger partial charge in [0.1, 0.15) is 18.1 Å². The first-order valence-electron chi connectivity index (χ1n) is 12.2. The van der Waals surface area contributed by atoms with Crippen LogP contribution in [0.25, 0.3) is 5.57 Å². The number of fused-ring (bicyclic) bond motifs is 2. The van der Waals surface area contributed by atoms with Crippen molar-refractivity contribution in [3.63, 3.8) is 0 Å². The van der Waals surface area contributed by atoms with Gasteiger partial charge in [0, 0.05) is 28.9 Å². The lowest BCUT2D eigenvalue weighted by molar-refractivity contribution is -0.146. The van der Waals surface area contributed by atoms with Gasteiger partial charge in [-0.25, -0.2) is 0 Å². The molecule has 5 rings (SSSR count). The lowest BCUT2D eigenvalue weighted by Crippen LogP contribution is -2.47. The number of hydrogen-bond donors (Lipinski definition) is 1. The maximum Gasteiger partial charge on any atom is 0.314 e. The molecule has 2 aliphatic heterocycles. The molecule has 1 saturated heterocycles. The van der Waals surface area contributed by atoms with Gasteiger partial charge >= 0.3 is 5.97 Å². The van der Waals surface area contributed by atoms with Gasteiger partial charge < -0.3 is 19.5 Å². The molecule has 1 aromatic heterocycles. The minimum absolute atomic E-state index is 0.418. The summed E-state index contributed by atoms with van der Waals surface area (Å²) in [5.41, 5.74) is 4.02. The zero-order valence-electron chi connectivity index (χ0n) is 20.2. The number of benzene rings is 2. The van der Waals surface area contributed by atoms with Gasteiger partial charge in [-0.1, -0.05) is 35.9 Å². The molecule has 6 nitrogen and oxygen atoms in total. The first-order valence-corrected chi connectivity index (χ1v) is 12.6. The summed E-state index contributed by atoms with van der Waals surface area (Å²) in [7, 11) is 1.66. The third kappa shape index (κ3) is 4.71. The highest BCUT2D eigenvalue weighted by atomic mass is 35.5. The second kappa shape index (κ2) is 10.3. The third-order valence-electron chi connectivity index (χ3n) is 7.33. The quantitative estimate of drug-likeness (QED) is 0.472. The molecule has 7 heteroatoms. The zero-order chi connectivity index (χ0) is 25.1. The van der Waals surface area contributed by atoms with E-state index in [2.05, 4.69) is 22.0 Å². The zero-order valence-corrected chi connectivity index (χ0v) is 21.0. The predicted molar refractivity (Wildman–Crippen MR) is 140 cm³/mol. The van der Waals surface area contributed by atoms with Crippen molar-refractivity contribution < 1.29 is 19.4 Å². The van der Waals surface area contributed by atoms with Crippen LogP contribution < -0.4 is 9.47 Å². The van der Waals surface area contributed by atoms with Crippen LogP contribution in [-0.2, 0) is 16.8 Å². The van der Waals surface area contributed by atoms with Crippen LogP contribution >= 0.6 is 11.6 Å². The largest absolute Gasteiger partial charge is 0.497 e. The Hall–Kier alpha value is -3.35. The average Bonchev–Trinajstić information content (AvgIpc) is 3.06.